The Labute approximate surface area is 84.9 Å². The molecule has 0 saturated carbocycles. The third kappa shape index (κ3) is 4.39. The molecule has 0 radical (unpaired) electrons. The fourth-order valence-corrected chi connectivity index (χ4v) is 1.47. The highest BCUT2D eigenvalue weighted by Gasteiger charge is 2.08. The number of nitrogens with one attached hydrogen (secondary N) is 1. The summed E-state index contributed by atoms with van der Waals surface area (Å²) in [6, 6.07) is 0. The van der Waals surface area contributed by atoms with Crippen LogP contribution in [-0.2, 0) is 9.53 Å². The number of hydrogen-bond donors (Lipinski definition) is 1. The molecule has 0 unspecified atom stereocenters. The Hall–Kier alpha value is -0.870. The van der Waals surface area contributed by atoms with E-state index in [1.807, 2.05) is 0 Å². The van der Waals surface area contributed by atoms with Gasteiger partial charge in [0.15, 0.2) is 0 Å². The fraction of sp³-hybridized carbons (Fsp3) is 0.700. The number of esters is 1. The lowest BCUT2D eigenvalue weighted by Crippen LogP contribution is -2.43. The van der Waals surface area contributed by atoms with E-state index in [0.29, 0.717) is 13.2 Å². The molecule has 14 heavy (non-hydrogen) atoms. The molecule has 1 rings (SSSR count). The predicted octanol–water partition coefficient (Wildman–Crippen LogP) is 0.706. The molecular weight excluding hydrogens is 180 g/mol. The SMILES string of the molecule is C=CC(=O)OCCNN1CCCCC1. The number of rotatable bonds is 5. The Morgan fingerprint density at radius 3 is 2.79 bits per heavy atom. The van der Waals surface area contributed by atoms with Crippen LogP contribution in [0.3, 0.4) is 0 Å². The van der Waals surface area contributed by atoms with Crippen LogP contribution in [0.25, 0.3) is 0 Å². The molecule has 0 spiro atoms. The van der Waals surface area contributed by atoms with Gasteiger partial charge >= 0.3 is 5.97 Å². The van der Waals surface area contributed by atoms with Crippen molar-refractivity contribution in [2.24, 2.45) is 0 Å². The van der Waals surface area contributed by atoms with Gasteiger partial charge in [-0.25, -0.2) is 9.80 Å². The van der Waals surface area contributed by atoms with Crippen LogP contribution in [0.2, 0.25) is 0 Å². The van der Waals surface area contributed by atoms with Crippen molar-refractivity contribution in [1.82, 2.24) is 10.4 Å². The summed E-state index contributed by atoms with van der Waals surface area (Å²) in [6.45, 7) is 6.59. The van der Waals surface area contributed by atoms with Crippen molar-refractivity contribution in [2.45, 2.75) is 19.3 Å². The Morgan fingerprint density at radius 2 is 2.14 bits per heavy atom. The van der Waals surface area contributed by atoms with E-state index >= 15 is 0 Å². The van der Waals surface area contributed by atoms with Crippen molar-refractivity contribution in [1.29, 1.82) is 0 Å². The molecule has 1 saturated heterocycles. The van der Waals surface area contributed by atoms with E-state index in [9.17, 15) is 4.79 Å². The van der Waals surface area contributed by atoms with Gasteiger partial charge in [0.25, 0.3) is 0 Å². The van der Waals surface area contributed by atoms with Gasteiger partial charge in [-0.1, -0.05) is 13.0 Å². The first-order valence-electron chi connectivity index (χ1n) is 5.10. The third-order valence-electron chi connectivity index (χ3n) is 2.20. The van der Waals surface area contributed by atoms with Crippen LogP contribution in [0.15, 0.2) is 12.7 Å². The monoisotopic (exact) mass is 198 g/mol. The van der Waals surface area contributed by atoms with Crippen LogP contribution in [-0.4, -0.2) is 37.2 Å². The van der Waals surface area contributed by atoms with Crippen LogP contribution < -0.4 is 5.43 Å². The maximum Gasteiger partial charge on any atom is 0.330 e. The van der Waals surface area contributed by atoms with Crippen molar-refractivity contribution < 1.29 is 9.53 Å². The average Bonchev–Trinajstić information content (AvgIpc) is 2.25. The van der Waals surface area contributed by atoms with Crippen LogP contribution in [0.1, 0.15) is 19.3 Å². The first-order valence-corrected chi connectivity index (χ1v) is 5.10. The molecule has 1 aliphatic rings. The van der Waals surface area contributed by atoms with Gasteiger partial charge in [0.1, 0.15) is 6.61 Å². The van der Waals surface area contributed by atoms with Gasteiger partial charge < -0.3 is 4.74 Å². The van der Waals surface area contributed by atoms with E-state index in [-0.39, 0.29) is 5.97 Å². The van der Waals surface area contributed by atoms with Gasteiger partial charge in [0.05, 0.1) is 0 Å². The molecule has 0 aromatic rings. The Kier molecular flexibility index (Phi) is 5.25. The number of carbonyl (C=O) groups is 1. The molecule has 0 atom stereocenters. The molecule has 0 amide bonds. The molecular formula is C10H18N2O2. The summed E-state index contributed by atoms with van der Waals surface area (Å²) in [5, 5.41) is 2.19. The number of hydrazine groups is 1. The number of hydrogen-bond acceptors (Lipinski definition) is 4. The van der Waals surface area contributed by atoms with Crippen molar-refractivity contribution in [3.05, 3.63) is 12.7 Å². The summed E-state index contributed by atoms with van der Waals surface area (Å²) < 4.78 is 4.84. The normalized spacial score (nSPS) is 17.7. The van der Waals surface area contributed by atoms with Crippen LogP contribution in [0.4, 0.5) is 0 Å². The third-order valence-corrected chi connectivity index (χ3v) is 2.20. The maximum atomic E-state index is 10.7. The van der Waals surface area contributed by atoms with Crippen molar-refractivity contribution >= 4 is 5.97 Å². The molecule has 0 aromatic carbocycles. The zero-order valence-electron chi connectivity index (χ0n) is 8.50. The van der Waals surface area contributed by atoms with Gasteiger partial charge in [-0.2, -0.15) is 0 Å². The molecule has 80 valence electrons. The minimum Gasteiger partial charge on any atom is -0.461 e. The largest absolute Gasteiger partial charge is 0.461 e. The Morgan fingerprint density at radius 1 is 1.43 bits per heavy atom. The van der Waals surface area contributed by atoms with Crippen molar-refractivity contribution in [2.75, 3.05) is 26.2 Å². The van der Waals surface area contributed by atoms with Gasteiger partial charge in [0.2, 0.25) is 0 Å². The van der Waals surface area contributed by atoms with Gasteiger partial charge in [-0.3, -0.25) is 5.43 Å². The zero-order chi connectivity index (χ0) is 10.2. The van der Waals surface area contributed by atoms with E-state index in [0.717, 1.165) is 13.1 Å². The van der Waals surface area contributed by atoms with E-state index < -0.39 is 0 Å². The summed E-state index contributed by atoms with van der Waals surface area (Å²) in [4.78, 5) is 10.7. The van der Waals surface area contributed by atoms with Crippen LogP contribution in [0, 0.1) is 0 Å². The summed E-state index contributed by atoms with van der Waals surface area (Å²) in [5.41, 5.74) is 3.22. The number of piperidine rings is 1. The number of nitrogens with zero attached hydrogens (tertiary/aromatic N) is 1. The molecule has 0 aromatic heterocycles. The fourth-order valence-electron chi connectivity index (χ4n) is 1.47. The molecule has 4 heteroatoms. The van der Waals surface area contributed by atoms with E-state index in [2.05, 4.69) is 17.0 Å². The number of ether oxygens (including phenoxy) is 1. The summed E-state index contributed by atoms with van der Waals surface area (Å²) >= 11 is 0. The minimum atomic E-state index is -0.356. The minimum absolute atomic E-state index is 0.356. The first kappa shape index (κ1) is 11.2. The van der Waals surface area contributed by atoms with Gasteiger partial charge in [-0.05, 0) is 12.8 Å². The summed E-state index contributed by atoms with van der Waals surface area (Å²) in [6.07, 6.45) is 5.00. The molecule has 0 aliphatic carbocycles. The first-order chi connectivity index (χ1) is 6.83. The predicted molar refractivity (Wildman–Crippen MR) is 54.6 cm³/mol. The smallest absolute Gasteiger partial charge is 0.330 e. The van der Waals surface area contributed by atoms with Gasteiger partial charge in [0, 0.05) is 25.7 Å². The highest BCUT2D eigenvalue weighted by Crippen LogP contribution is 2.05. The Balaban J connectivity index is 1.97. The van der Waals surface area contributed by atoms with E-state index in [4.69, 9.17) is 4.74 Å². The highest BCUT2D eigenvalue weighted by atomic mass is 16.5. The summed E-state index contributed by atoms with van der Waals surface area (Å²) in [5.74, 6) is -0.356. The standard InChI is InChI=1S/C10H18N2O2/c1-2-10(13)14-9-6-11-12-7-4-3-5-8-12/h2,11H,1,3-9H2. The quantitative estimate of drug-likeness (QED) is 0.401. The second-order valence-corrected chi connectivity index (χ2v) is 3.33. The zero-order valence-corrected chi connectivity index (χ0v) is 8.50. The number of carbonyl (C=O) groups excluding carboxylic acids is 1. The van der Waals surface area contributed by atoms with E-state index in [1.165, 1.54) is 25.3 Å². The average molecular weight is 198 g/mol. The van der Waals surface area contributed by atoms with Crippen molar-refractivity contribution in [3.63, 3.8) is 0 Å². The lowest BCUT2D eigenvalue weighted by molar-refractivity contribution is -0.137. The van der Waals surface area contributed by atoms with Crippen LogP contribution >= 0.6 is 0 Å². The lowest BCUT2D eigenvalue weighted by Gasteiger charge is -2.26. The molecule has 1 fully saturated rings. The maximum absolute atomic E-state index is 10.7. The molecule has 4 nitrogen and oxygen atoms in total. The highest BCUT2D eigenvalue weighted by molar-refractivity contribution is 5.81. The molecule has 0 bridgehead atoms. The second-order valence-electron chi connectivity index (χ2n) is 3.33. The van der Waals surface area contributed by atoms with E-state index in [1.54, 1.807) is 0 Å². The molecule has 1 N–H and O–H groups in total. The Bertz CT molecular complexity index is 189. The van der Waals surface area contributed by atoms with Crippen molar-refractivity contribution in [3.8, 4) is 0 Å². The second kappa shape index (κ2) is 6.56. The lowest BCUT2D eigenvalue weighted by atomic mass is 10.2. The van der Waals surface area contributed by atoms with Crippen LogP contribution in [0.5, 0.6) is 0 Å². The van der Waals surface area contributed by atoms with Gasteiger partial charge in [-0.15, -0.1) is 0 Å². The summed E-state index contributed by atoms with van der Waals surface area (Å²) in [7, 11) is 0. The molecule has 1 aliphatic heterocycles. The molecule has 1 heterocycles. The topological polar surface area (TPSA) is 41.6 Å².